The zero-order valence-corrected chi connectivity index (χ0v) is 18.6. The van der Waals surface area contributed by atoms with Crippen molar-refractivity contribution < 1.29 is 33.8 Å². The molecule has 1 fully saturated rings. The maximum absolute atomic E-state index is 13.0. The Kier molecular flexibility index (Phi) is 5.96. The number of ketones is 2. The molecule has 5 atom stereocenters. The van der Waals surface area contributed by atoms with Crippen molar-refractivity contribution in [2.24, 2.45) is 22.7 Å². The Bertz CT molecular complexity index is 942. The van der Waals surface area contributed by atoms with Crippen molar-refractivity contribution in [2.45, 2.75) is 58.5 Å². The van der Waals surface area contributed by atoms with Crippen molar-refractivity contribution in [3.05, 3.63) is 34.9 Å². The van der Waals surface area contributed by atoms with Crippen LogP contribution in [0, 0.1) is 22.7 Å². The molecular weight excluding hydrogens is 412 g/mol. The van der Waals surface area contributed by atoms with Gasteiger partial charge in [0.05, 0.1) is 0 Å². The first-order valence-corrected chi connectivity index (χ1v) is 11.3. The van der Waals surface area contributed by atoms with E-state index in [4.69, 9.17) is 4.74 Å². The molecule has 0 aromatic rings. The molecule has 0 heterocycles. The molecule has 4 aliphatic carbocycles. The Hall–Kier alpha value is -2.54. The molecule has 0 aromatic carbocycles. The number of aliphatic hydroxyl groups is 1. The molecule has 32 heavy (non-hydrogen) atoms. The van der Waals surface area contributed by atoms with E-state index in [0.29, 0.717) is 5.92 Å². The van der Waals surface area contributed by atoms with Gasteiger partial charge in [-0.25, -0.2) is 4.79 Å². The van der Waals surface area contributed by atoms with Gasteiger partial charge in [-0.05, 0) is 68.9 Å². The molecule has 0 aliphatic heterocycles. The van der Waals surface area contributed by atoms with Crippen molar-refractivity contribution in [3.8, 4) is 0 Å². The molecule has 1 N–H and O–H groups in total. The molecule has 0 bridgehead atoms. The number of hydrogen-bond acceptors (Lipinski definition) is 7. The van der Waals surface area contributed by atoms with Gasteiger partial charge in [0.25, 0.3) is 6.47 Å². The third-order valence-electron chi connectivity index (χ3n) is 8.25. The number of allylic oxidation sites excluding steroid dienone is 6. The van der Waals surface area contributed by atoms with Crippen LogP contribution in [0.25, 0.3) is 0 Å². The maximum Gasteiger partial charge on any atom is 0.339 e. The Morgan fingerprint density at radius 2 is 2.03 bits per heavy atom. The highest BCUT2D eigenvalue weighted by atomic mass is 16.6. The van der Waals surface area contributed by atoms with Crippen LogP contribution in [0.5, 0.6) is 0 Å². The van der Waals surface area contributed by atoms with E-state index in [-0.39, 0.29) is 41.4 Å². The zero-order valence-electron chi connectivity index (χ0n) is 18.6. The zero-order chi connectivity index (χ0) is 23.1. The highest BCUT2D eigenvalue weighted by molar-refractivity contribution is 6.01. The van der Waals surface area contributed by atoms with Crippen LogP contribution in [-0.2, 0) is 28.7 Å². The van der Waals surface area contributed by atoms with Crippen LogP contribution >= 0.6 is 0 Å². The van der Waals surface area contributed by atoms with Crippen LogP contribution in [0.3, 0.4) is 0 Å². The van der Waals surface area contributed by atoms with E-state index in [0.717, 1.165) is 38.5 Å². The topological polar surface area (TPSA) is 107 Å². The lowest BCUT2D eigenvalue weighted by Gasteiger charge is -2.49. The van der Waals surface area contributed by atoms with Crippen molar-refractivity contribution in [2.75, 3.05) is 13.2 Å². The third kappa shape index (κ3) is 3.66. The summed E-state index contributed by atoms with van der Waals surface area (Å²) in [5, 5.41) is 9.62. The number of carbonyl (C=O) groups excluding carboxylic acids is 4. The standard InChI is InChI=1S/C25H30O7/c1-24-9-7-16(27)11-15(24)3-4-17-18-5-6-20(25(18,2)10-8-19(17)24)21(28)13-32-23(30)22(29)12-31-14-26/h7,9,11,14,18,20,22,29H,3-6,8,10,12-13H2,1-2H3/t18-,20+,22?,24-,25-/m0/s1. The second-order valence-corrected chi connectivity index (χ2v) is 9.82. The second kappa shape index (κ2) is 8.43. The van der Waals surface area contributed by atoms with E-state index in [1.807, 2.05) is 0 Å². The van der Waals surface area contributed by atoms with E-state index in [2.05, 4.69) is 24.7 Å². The molecule has 7 heteroatoms. The SMILES string of the molecule is C[C@]12C=CC(=O)C=C1CCC1=C2CC[C@]2(C)[C@@H](C(=O)COC(=O)C(O)COC=O)CC[C@@H]12. The van der Waals surface area contributed by atoms with Gasteiger partial charge >= 0.3 is 5.97 Å². The second-order valence-electron chi connectivity index (χ2n) is 9.82. The molecule has 0 saturated heterocycles. The number of aliphatic hydroxyl groups excluding tert-OH is 1. The molecule has 4 rings (SSSR count). The molecule has 0 amide bonds. The van der Waals surface area contributed by atoms with Crippen LogP contribution < -0.4 is 0 Å². The minimum absolute atomic E-state index is 0.0612. The van der Waals surface area contributed by atoms with Crippen LogP contribution in [0.2, 0.25) is 0 Å². The fourth-order valence-electron chi connectivity index (χ4n) is 6.53. The lowest BCUT2D eigenvalue weighted by atomic mass is 9.54. The largest absolute Gasteiger partial charge is 0.464 e. The number of Topliss-reactive ketones (excluding diaryl/α,β-unsaturated/α-hetero) is 1. The number of hydrogen-bond donors (Lipinski definition) is 1. The summed E-state index contributed by atoms with van der Waals surface area (Å²) in [5.74, 6) is -0.919. The summed E-state index contributed by atoms with van der Waals surface area (Å²) in [6.07, 6.45) is 9.17. The summed E-state index contributed by atoms with van der Waals surface area (Å²) < 4.78 is 9.37. The smallest absolute Gasteiger partial charge is 0.339 e. The quantitative estimate of drug-likeness (QED) is 0.367. The number of ether oxygens (including phenoxy) is 2. The fraction of sp³-hybridized carbons (Fsp3) is 0.600. The van der Waals surface area contributed by atoms with Crippen molar-refractivity contribution in [3.63, 3.8) is 0 Å². The molecule has 0 radical (unpaired) electrons. The molecule has 0 spiro atoms. The van der Waals surface area contributed by atoms with Crippen LogP contribution in [-0.4, -0.2) is 48.4 Å². The lowest BCUT2D eigenvalue weighted by Crippen LogP contribution is -2.42. The Balaban J connectivity index is 1.48. The van der Waals surface area contributed by atoms with Gasteiger partial charge in [0.2, 0.25) is 0 Å². The Morgan fingerprint density at radius 1 is 1.25 bits per heavy atom. The Labute approximate surface area is 187 Å². The molecule has 7 nitrogen and oxygen atoms in total. The molecule has 1 unspecified atom stereocenters. The average Bonchev–Trinajstić information content (AvgIpc) is 3.13. The highest BCUT2D eigenvalue weighted by Gasteiger charge is 2.55. The summed E-state index contributed by atoms with van der Waals surface area (Å²) in [4.78, 5) is 46.9. The van der Waals surface area contributed by atoms with Gasteiger partial charge in [0.1, 0.15) is 13.2 Å². The van der Waals surface area contributed by atoms with Gasteiger partial charge in [-0.3, -0.25) is 14.4 Å². The summed E-state index contributed by atoms with van der Waals surface area (Å²) >= 11 is 0. The summed E-state index contributed by atoms with van der Waals surface area (Å²) in [7, 11) is 0. The highest BCUT2D eigenvalue weighted by Crippen LogP contribution is 2.63. The van der Waals surface area contributed by atoms with Gasteiger partial charge in [-0.2, -0.15) is 0 Å². The maximum atomic E-state index is 13.0. The van der Waals surface area contributed by atoms with E-state index in [1.54, 1.807) is 12.2 Å². The summed E-state index contributed by atoms with van der Waals surface area (Å²) in [6, 6.07) is 0. The monoisotopic (exact) mass is 442 g/mol. The van der Waals surface area contributed by atoms with Gasteiger partial charge in [0, 0.05) is 11.3 Å². The predicted molar refractivity (Wildman–Crippen MR) is 114 cm³/mol. The number of carbonyl (C=O) groups is 4. The van der Waals surface area contributed by atoms with Gasteiger partial charge in [-0.15, -0.1) is 0 Å². The molecule has 4 aliphatic rings. The number of esters is 1. The van der Waals surface area contributed by atoms with E-state index in [1.165, 1.54) is 16.7 Å². The van der Waals surface area contributed by atoms with E-state index < -0.39 is 18.7 Å². The lowest BCUT2D eigenvalue weighted by molar-refractivity contribution is -0.161. The fourth-order valence-corrected chi connectivity index (χ4v) is 6.53. The minimum atomic E-state index is -1.59. The summed E-state index contributed by atoms with van der Waals surface area (Å²) in [5.41, 5.74) is 3.68. The van der Waals surface area contributed by atoms with Crippen molar-refractivity contribution in [1.29, 1.82) is 0 Å². The Morgan fingerprint density at radius 3 is 2.78 bits per heavy atom. The molecule has 0 aromatic heterocycles. The molecule has 1 saturated carbocycles. The number of rotatable bonds is 7. The minimum Gasteiger partial charge on any atom is -0.464 e. The first kappa shape index (κ1) is 22.6. The van der Waals surface area contributed by atoms with Crippen LogP contribution in [0.4, 0.5) is 0 Å². The molecule has 172 valence electrons. The summed E-state index contributed by atoms with van der Waals surface area (Å²) in [6.45, 7) is 3.64. The molecular formula is C25H30O7. The first-order valence-electron chi connectivity index (χ1n) is 11.3. The average molecular weight is 443 g/mol. The van der Waals surface area contributed by atoms with Gasteiger partial charge in [0.15, 0.2) is 17.7 Å². The normalized spacial score (nSPS) is 34.1. The van der Waals surface area contributed by atoms with Gasteiger partial charge in [-0.1, -0.05) is 29.7 Å². The predicted octanol–water partition coefficient (Wildman–Crippen LogP) is 2.62. The van der Waals surface area contributed by atoms with E-state index in [9.17, 15) is 24.3 Å². The van der Waals surface area contributed by atoms with Crippen LogP contribution in [0.15, 0.2) is 34.9 Å². The van der Waals surface area contributed by atoms with Crippen LogP contribution in [0.1, 0.15) is 52.4 Å². The van der Waals surface area contributed by atoms with Crippen molar-refractivity contribution in [1.82, 2.24) is 0 Å². The third-order valence-corrected chi connectivity index (χ3v) is 8.25. The van der Waals surface area contributed by atoms with Gasteiger partial charge < -0.3 is 14.6 Å². The van der Waals surface area contributed by atoms with E-state index >= 15 is 0 Å². The number of fused-ring (bicyclic) bond motifs is 4. The first-order chi connectivity index (χ1) is 15.2. The van der Waals surface area contributed by atoms with Crippen molar-refractivity contribution >= 4 is 24.0 Å².